The van der Waals surface area contributed by atoms with E-state index < -0.39 is 0 Å². The summed E-state index contributed by atoms with van der Waals surface area (Å²) in [6.45, 7) is 0. The number of hydrogen-bond acceptors (Lipinski definition) is 2. The molecule has 0 radical (unpaired) electrons. The van der Waals surface area contributed by atoms with Crippen LogP contribution in [-0.4, -0.2) is 5.11 Å². The van der Waals surface area contributed by atoms with Crippen molar-refractivity contribution < 1.29 is 5.11 Å². The summed E-state index contributed by atoms with van der Waals surface area (Å²) >= 11 is 1.77. The number of phenols is 1. The first-order valence-corrected chi connectivity index (χ1v) is 6.72. The molecule has 0 spiro atoms. The summed E-state index contributed by atoms with van der Waals surface area (Å²) in [6, 6.07) is 16.3. The van der Waals surface area contributed by atoms with Crippen molar-refractivity contribution in [1.82, 2.24) is 0 Å². The average molecular weight is 250 g/mol. The van der Waals surface area contributed by atoms with Crippen LogP contribution in [0, 0.1) is 0 Å². The van der Waals surface area contributed by atoms with Gasteiger partial charge in [0.2, 0.25) is 0 Å². The molecule has 18 heavy (non-hydrogen) atoms. The molecule has 1 aromatic heterocycles. The third-order valence-electron chi connectivity index (χ3n) is 3.40. The molecule has 0 aliphatic rings. The number of benzene rings is 3. The molecule has 0 saturated heterocycles. The van der Waals surface area contributed by atoms with E-state index in [4.69, 9.17) is 0 Å². The second-order valence-electron chi connectivity index (χ2n) is 4.47. The zero-order chi connectivity index (χ0) is 12.1. The van der Waals surface area contributed by atoms with Crippen LogP contribution in [0.5, 0.6) is 5.75 Å². The minimum atomic E-state index is 0.320. The fraction of sp³-hybridized carbons (Fsp3) is 0. The first-order valence-electron chi connectivity index (χ1n) is 5.84. The smallest absolute Gasteiger partial charge is 0.116 e. The summed E-state index contributed by atoms with van der Waals surface area (Å²) in [4.78, 5) is 0. The van der Waals surface area contributed by atoms with E-state index in [0.717, 1.165) is 5.39 Å². The van der Waals surface area contributed by atoms with Crippen LogP contribution in [0.1, 0.15) is 0 Å². The highest BCUT2D eigenvalue weighted by atomic mass is 32.1. The number of hydrogen-bond donors (Lipinski definition) is 1. The van der Waals surface area contributed by atoms with Gasteiger partial charge in [-0.15, -0.1) is 11.3 Å². The Kier molecular flexibility index (Phi) is 1.91. The Bertz CT molecular complexity index is 889. The van der Waals surface area contributed by atoms with Gasteiger partial charge < -0.3 is 5.11 Å². The van der Waals surface area contributed by atoms with Crippen molar-refractivity contribution in [2.45, 2.75) is 0 Å². The van der Waals surface area contributed by atoms with Crippen LogP contribution in [0.2, 0.25) is 0 Å². The summed E-state index contributed by atoms with van der Waals surface area (Å²) in [6.07, 6.45) is 0. The minimum absolute atomic E-state index is 0.320. The maximum absolute atomic E-state index is 9.58. The molecule has 3 aromatic carbocycles. The van der Waals surface area contributed by atoms with Gasteiger partial charge in [0.1, 0.15) is 5.75 Å². The quantitative estimate of drug-likeness (QED) is 0.439. The Morgan fingerprint density at radius 3 is 2.44 bits per heavy atom. The van der Waals surface area contributed by atoms with Crippen molar-refractivity contribution in [3.63, 3.8) is 0 Å². The van der Waals surface area contributed by atoms with E-state index in [1.54, 1.807) is 17.4 Å². The van der Waals surface area contributed by atoms with Gasteiger partial charge in [-0.2, -0.15) is 0 Å². The standard InChI is InChI=1S/C16H10OS/c17-13-5-6-14-12(9-13)4-2-10-1-3-11-7-8-18-16(11)15(10)14/h1-9,17H. The molecule has 0 amide bonds. The molecule has 1 heterocycles. The van der Waals surface area contributed by atoms with Crippen molar-refractivity contribution in [3.05, 3.63) is 53.9 Å². The average Bonchev–Trinajstić information content (AvgIpc) is 2.86. The Hall–Kier alpha value is -2.06. The number of fused-ring (bicyclic) bond motifs is 5. The molecule has 0 unspecified atom stereocenters. The Morgan fingerprint density at radius 1 is 0.778 bits per heavy atom. The van der Waals surface area contributed by atoms with Crippen LogP contribution in [0.25, 0.3) is 31.6 Å². The van der Waals surface area contributed by atoms with Crippen LogP contribution < -0.4 is 0 Å². The lowest BCUT2D eigenvalue weighted by atomic mass is 10.0. The van der Waals surface area contributed by atoms with Crippen LogP contribution in [0.4, 0.5) is 0 Å². The number of rotatable bonds is 0. The second-order valence-corrected chi connectivity index (χ2v) is 5.39. The van der Waals surface area contributed by atoms with E-state index in [9.17, 15) is 5.11 Å². The highest BCUT2D eigenvalue weighted by molar-refractivity contribution is 7.18. The molecule has 0 aliphatic heterocycles. The lowest BCUT2D eigenvalue weighted by Crippen LogP contribution is -1.78. The van der Waals surface area contributed by atoms with E-state index >= 15 is 0 Å². The Balaban J connectivity index is 2.35. The van der Waals surface area contributed by atoms with E-state index in [-0.39, 0.29) is 0 Å². The highest BCUT2D eigenvalue weighted by Crippen LogP contribution is 2.35. The molecule has 0 fully saturated rings. The van der Waals surface area contributed by atoms with Crippen molar-refractivity contribution in [1.29, 1.82) is 0 Å². The maximum Gasteiger partial charge on any atom is 0.116 e. The summed E-state index contributed by atoms with van der Waals surface area (Å²) in [7, 11) is 0. The van der Waals surface area contributed by atoms with E-state index in [2.05, 4.69) is 35.7 Å². The molecule has 0 atom stereocenters. The first kappa shape index (κ1) is 9.92. The van der Waals surface area contributed by atoms with Crippen LogP contribution in [0.3, 0.4) is 0 Å². The van der Waals surface area contributed by atoms with Gasteiger partial charge >= 0.3 is 0 Å². The fourth-order valence-corrected chi connectivity index (χ4v) is 3.53. The van der Waals surface area contributed by atoms with Gasteiger partial charge in [-0.1, -0.05) is 30.3 Å². The topological polar surface area (TPSA) is 20.2 Å². The summed E-state index contributed by atoms with van der Waals surface area (Å²) in [5.74, 6) is 0.320. The SMILES string of the molecule is Oc1ccc2c(ccc3ccc4ccsc4c32)c1. The Labute approximate surface area is 108 Å². The number of phenolic OH excluding ortho intramolecular Hbond substituents is 1. The van der Waals surface area contributed by atoms with Gasteiger partial charge in [-0.3, -0.25) is 0 Å². The molecule has 4 aromatic rings. The lowest BCUT2D eigenvalue weighted by Gasteiger charge is -2.05. The molecule has 0 aliphatic carbocycles. The summed E-state index contributed by atoms with van der Waals surface area (Å²) < 4.78 is 1.32. The molecule has 0 saturated carbocycles. The fourth-order valence-electron chi connectivity index (χ4n) is 2.56. The van der Waals surface area contributed by atoms with Gasteiger partial charge in [-0.25, -0.2) is 0 Å². The lowest BCUT2D eigenvalue weighted by molar-refractivity contribution is 0.476. The summed E-state index contributed by atoms with van der Waals surface area (Å²) in [5.41, 5.74) is 0. The van der Waals surface area contributed by atoms with Gasteiger partial charge in [0, 0.05) is 10.1 Å². The molecule has 1 nitrogen and oxygen atoms in total. The zero-order valence-corrected chi connectivity index (χ0v) is 10.4. The predicted molar refractivity (Wildman–Crippen MR) is 78.5 cm³/mol. The zero-order valence-electron chi connectivity index (χ0n) is 9.55. The van der Waals surface area contributed by atoms with Crippen molar-refractivity contribution in [2.24, 2.45) is 0 Å². The highest BCUT2D eigenvalue weighted by Gasteiger charge is 2.06. The summed E-state index contributed by atoms with van der Waals surface area (Å²) in [5, 5.41) is 17.8. The molecule has 1 N–H and O–H groups in total. The van der Waals surface area contributed by atoms with Crippen LogP contribution in [-0.2, 0) is 0 Å². The van der Waals surface area contributed by atoms with Crippen molar-refractivity contribution in [3.8, 4) is 5.75 Å². The molecule has 0 bridgehead atoms. The molecule has 2 heteroatoms. The van der Waals surface area contributed by atoms with Crippen LogP contribution in [0.15, 0.2) is 53.9 Å². The maximum atomic E-state index is 9.58. The van der Waals surface area contributed by atoms with Gasteiger partial charge in [0.25, 0.3) is 0 Å². The monoisotopic (exact) mass is 250 g/mol. The van der Waals surface area contributed by atoms with Crippen molar-refractivity contribution in [2.75, 3.05) is 0 Å². The normalized spacial score (nSPS) is 11.6. The van der Waals surface area contributed by atoms with Crippen LogP contribution >= 0.6 is 11.3 Å². The Morgan fingerprint density at radius 2 is 1.56 bits per heavy atom. The van der Waals surface area contributed by atoms with E-state index in [0.29, 0.717) is 5.75 Å². The van der Waals surface area contributed by atoms with E-state index in [1.165, 1.54) is 26.2 Å². The predicted octanol–water partition coefficient (Wildman–Crippen LogP) is 4.91. The first-order chi connectivity index (χ1) is 8.83. The van der Waals surface area contributed by atoms with Gasteiger partial charge in [0.15, 0.2) is 0 Å². The second kappa shape index (κ2) is 3.47. The molecule has 4 rings (SSSR count). The molecule has 86 valence electrons. The number of aromatic hydroxyl groups is 1. The number of thiophene rings is 1. The van der Waals surface area contributed by atoms with Gasteiger partial charge in [-0.05, 0) is 45.1 Å². The third-order valence-corrected chi connectivity index (χ3v) is 4.35. The minimum Gasteiger partial charge on any atom is -0.508 e. The van der Waals surface area contributed by atoms with Crippen molar-refractivity contribution >= 4 is 43.0 Å². The largest absolute Gasteiger partial charge is 0.508 e. The third kappa shape index (κ3) is 1.27. The van der Waals surface area contributed by atoms with E-state index in [1.807, 2.05) is 12.1 Å². The molecular formula is C16H10OS. The molecular weight excluding hydrogens is 240 g/mol. The van der Waals surface area contributed by atoms with Gasteiger partial charge in [0.05, 0.1) is 0 Å².